The van der Waals surface area contributed by atoms with Crippen LogP contribution in [0.2, 0.25) is 0 Å². The highest BCUT2D eigenvalue weighted by Crippen LogP contribution is 2.36. The Hall–Kier alpha value is -0.0800. The first kappa shape index (κ1) is 13.4. The van der Waals surface area contributed by atoms with Crippen LogP contribution in [0, 0.1) is 5.92 Å². The van der Waals surface area contributed by atoms with Crippen LogP contribution in [0.5, 0.6) is 0 Å². The van der Waals surface area contributed by atoms with Crippen molar-refractivity contribution in [1.82, 2.24) is 10.2 Å². The lowest BCUT2D eigenvalue weighted by Gasteiger charge is -2.36. The molecule has 0 aromatic heterocycles. The van der Waals surface area contributed by atoms with Gasteiger partial charge in [0.1, 0.15) is 0 Å². The minimum Gasteiger partial charge on any atom is -0.315 e. The first-order chi connectivity index (χ1) is 8.36. The van der Waals surface area contributed by atoms with E-state index in [0.717, 1.165) is 24.5 Å². The minimum absolute atomic E-state index is 0.781. The molecule has 2 unspecified atom stereocenters. The second-order valence-electron chi connectivity index (χ2n) is 5.86. The summed E-state index contributed by atoms with van der Waals surface area (Å²) in [5.41, 5.74) is 0. The minimum atomic E-state index is 0.781. The molecular weight excluding hydrogens is 208 g/mol. The molecule has 1 N–H and O–H groups in total. The Labute approximate surface area is 107 Å². The molecule has 1 aliphatic carbocycles. The number of hydrogen-bond acceptors (Lipinski definition) is 2. The van der Waals surface area contributed by atoms with Gasteiger partial charge in [0.25, 0.3) is 0 Å². The second kappa shape index (κ2) is 6.75. The molecule has 2 nitrogen and oxygen atoms in total. The van der Waals surface area contributed by atoms with Crippen molar-refractivity contribution in [3.63, 3.8) is 0 Å². The molecule has 17 heavy (non-hydrogen) atoms. The third-order valence-electron chi connectivity index (χ3n) is 4.86. The van der Waals surface area contributed by atoms with Crippen LogP contribution < -0.4 is 5.32 Å². The molecule has 0 bridgehead atoms. The van der Waals surface area contributed by atoms with Gasteiger partial charge in [-0.2, -0.15) is 0 Å². The van der Waals surface area contributed by atoms with Gasteiger partial charge in [0.05, 0.1) is 0 Å². The predicted octanol–water partition coefficient (Wildman–Crippen LogP) is 3.03. The van der Waals surface area contributed by atoms with Crippen LogP contribution >= 0.6 is 0 Å². The first-order valence-corrected chi connectivity index (χ1v) is 7.83. The smallest absolute Gasteiger partial charge is 0.0221 e. The maximum absolute atomic E-state index is 3.55. The van der Waals surface area contributed by atoms with Crippen LogP contribution in [0.15, 0.2) is 0 Å². The Balaban J connectivity index is 1.91. The average Bonchev–Trinajstić information content (AvgIpc) is 3.00. The number of nitrogens with one attached hydrogen (secondary N) is 1. The van der Waals surface area contributed by atoms with Crippen molar-refractivity contribution in [2.75, 3.05) is 19.6 Å². The summed E-state index contributed by atoms with van der Waals surface area (Å²) in [7, 11) is 0. The lowest BCUT2D eigenvalue weighted by Crippen LogP contribution is -2.46. The number of likely N-dealkylation sites (tertiary alicyclic amines) is 1. The number of rotatable bonds is 6. The van der Waals surface area contributed by atoms with Gasteiger partial charge in [0.2, 0.25) is 0 Å². The largest absolute Gasteiger partial charge is 0.315 e. The summed E-state index contributed by atoms with van der Waals surface area (Å²) in [6.45, 7) is 8.22. The quantitative estimate of drug-likeness (QED) is 0.765. The molecule has 2 fully saturated rings. The Morgan fingerprint density at radius 2 is 1.88 bits per heavy atom. The topological polar surface area (TPSA) is 15.3 Å². The summed E-state index contributed by atoms with van der Waals surface area (Å²) in [6.07, 6.45) is 10.2. The van der Waals surface area contributed by atoms with Crippen molar-refractivity contribution in [3.05, 3.63) is 0 Å². The number of nitrogens with zero attached hydrogens (tertiary/aromatic N) is 1. The van der Waals surface area contributed by atoms with Gasteiger partial charge in [0.15, 0.2) is 0 Å². The Bertz CT molecular complexity index is 211. The zero-order valence-electron chi connectivity index (χ0n) is 11.8. The molecule has 100 valence electrons. The molecule has 0 aromatic rings. The van der Waals surface area contributed by atoms with E-state index in [0.29, 0.717) is 0 Å². The van der Waals surface area contributed by atoms with Crippen LogP contribution in [0.25, 0.3) is 0 Å². The number of likely N-dealkylation sites (N-methyl/N-ethyl adjacent to an activating group) is 1. The van der Waals surface area contributed by atoms with E-state index in [2.05, 4.69) is 24.1 Å². The molecule has 0 amide bonds. The molecule has 1 heterocycles. The first-order valence-electron chi connectivity index (χ1n) is 7.83. The van der Waals surface area contributed by atoms with Crippen LogP contribution in [-0.2, 0) is 0 Å². The zero-order valence-corrected chi connectivity index (χ0v) is 11.8. The molecule has 0 radical (unpaired) electrons. The van der Waals surface area contributed by atoms with Gasteiger partial charge in [-0.3, -0.25) is 4.90 Å². The van der Waals surface area contributed by atoms with Crippen molar-refractivity contribution in [2.45, 2.75) is 70.9 Å². The summed E-state index contributed by atoms with van der Waals surface area (Å²) in [4.78, 5) is 2.85. The van der Waals surface area contributed by atoms with E-state index >= 15 is 0 Å². The van der Waals surface area contributed by atoms with Gasteiger partial charge in [-0.15, -0.1) is 0 Å². The fourth-order valence-corrected chi connectivity index (χ4v) is 3.92. The summed E-state index contributed by atoms with van der Waals surface area (Å²) in [5, 5.41) is 3.55. The van der Waals surface area contributed by atoms with Gasteiger partial charge in [-0.05, 0) is 51.1 Å². The molecule has 2 atom stereocenters. The lowest BCUT2D eigenvalue weighted by molar-refractivity contribution is 0.129. The molecule has 0 spiro atoms. The van der Waals surface area contributed by atoms with E-state index in [-0.39, 0.29) is 0 Å². The zero-order chi connectivity index (χ0) is 12.1. The molecule has 2 rings (SSSR count). The third kappa shape index (κ3) is 3.23. The van der Waals surface area contributed by atoms with Crippen LogP contribution in [0.1, 0.15) is 58.8 Å². The Morgan fingerprint density at radius 3 is 2.53 bits per heavy atom. The van der Waals surface area contributed by atoms with Crippen molar-refractivity contribution in [2.24, 2.45) is 5.92 Å². The normalized spacial score (nSPS) is 28.9. The molecule has 0 aromatic carbocycles. The lowest BCUT2D eigenvalue weighted by atomic mass is 9.95. The van der Waals surface area contributed by atoms with E-state index in [9.17, 15) is 0 Å². The Kier molecular flexibility index (Phi) is 5.30. The highest BCUT2D eigenvalue weighted by Gasteiger charge is 2.35. The van der Waals surface area contributed by atoms with Crippen molar-refractivity contribution < 1.29 is 0 Å². The summed E-state index contributed by atoms with van der Waals surface area (Å²) < 4.78 is 0. The average molecular weight is 238 g/mol. The highest BCUT2D eigenvalue weighted by molar-refractivity contribution is 4.91. The highest BCUT2D eigenvalue weighted by atomic mass is 15.2. The van der Waals surface area contributed by atoms with Gasteiger partial charge in [0, 0.05) is 18.6 Å². The van der Waals surface area contributed by atoms with Gasteiger partial charge < -0.3 is 5.32 Å². The SMILES string of the molecule is CCNCC(CC)N1CCCC1C1CCCC1. The summed E-state index contributed by atoms with van der Waals surface area (Å²) in [5.74, 6) is 1.02. The van der Waals surface area contributed by atoms with E-state index in [1.165, 1.54) is 58.0 Å². The monoisotopic (exact) mass is 238 g/mol. The van der Waals surface area contributed by atoms with Crippen molar-refractivity contribution in [3.8, 4) is 0 Å². The fraction of sp³-hybridized carbons (Fsp3) is 1.00. The summed E-state index contributed by atoms with van der Waals surface area (Å²) in [6, 6.07) is 1.70. The molecular formula is C15H30N2. The van der Waals surface area contributed by atoms with E-state index < -0.39 is 0 Å². The third-order valence-corrected chi connectivity index (χ3v) is 4.86. The Morgan fingerprint density at radius 1 is 1.12 bits per heavy atom. The molecule has 1 saturated heterocycles. The maximum Gasteiger partial charge on any atom is 0.0221 e. The van der Waals surface area contributed by atoms with Crippen molar-refractivity contribution in [1.29, 1.82) is 0 Å². The fourth-order valence-electron chi connectivity index (χ4n) is 3.92. The van der Waals surface area contributed by atoms with Crippen LogP contribution in [0.3, 0.4) is 0 Å². The molecule has 2 heteroatoms. The van der Waals surface area contributed by atoms with Crippen molar-refractivity contribution >= 4 is 0 Å². The van der Waals surface area contributed by atoms with Crippen LogP contribution in [-0.4, -0.2) is 36.6 Å². The van der Waals surface area contributed by atoms with Gasteiger partial charge >= 0.3 is 0 Å². The van der Waals surface area contributed by atoms with E-state index in [1.807, 2.05) is 0 Å². The number of hydrogen-bond donors (Lipinski definition) is 1. The van der Waals surface area contributed by atoms with E-state index in [1.54, 1.807) is 0 Å². The molecule has 2 aliphatic rings. The summed E-state index contributed by atoms with van der Waals surface area (Å²) >= 11 is 0. The second-order valence-corrected chi connectivity index (χ2v) is 5.86. The molecule has 1 saturated carbocycles. The molecule has 1 aliphatic heterocycles. The standard InChI is InChI=1S/C15H30N2/c1-3-14(12-16-4-2)17-11-7-10-15(17)13-8-5-6-9-13/h13-16H,3-12H2,1-2H3. The predicted molar refractivity (Wildman–Crippen MR) is 74.3 cm³/mol. The van der Waals surface area contributed by atoms with Crippen LogP contribution in [0.4, 0.5) is 0 Å². The van der Waals surface area contributed by atoms with Gasteiger partial charge in [-0.25, -0.2) is 0 Å². The van der Waals surface area contributed by atoms with E-state index in [4.69, 9.17) is 0 Å². The maximum atomic E-state index is 3.55. The van der Waals surface area contributed by atoms with Gasteiger partial charge in [-0.1, -0.05) is 26.7 Å².